The number of nitrogens with one attached hydrogen (secondary N) is 1. The zero-order valence-electron chi connectivity index (χ0n) is 12.1. The van der Waals surface area contributed by atoms with Crippen LogP contribution in [-0.4, -0.2) is 19.8 Å². The number of alkyl halides is 2. The van der Waals surface area contributed by atoms with Crippen LogP contribution in [-0.2, 0) is 4.74 Å². The predicted octanol–water partition coefficient (Wildman–Crippen LogP) is 4.02. The fourth-order valence-electron chi connectivity index (χ4n) is 2.32. The summed E-state index contributed by atoms with van der Waals surface area (Å²) < 4.78 is 34.9. The second kappa shape index (κ2) is 7.98. The van der Waals surface area contributed by atoms with Gasteiger partial charge in [-0.3, -0.25) is 0 Å². The summed E-state index contributed by atoms with van der Waals surface area (Å²) in [5.74, 6) is 1.03. The Kier molecular flexibility index (Phi) is 5.99. The molecule has 1 N–H and O–H groups in total. The van der Waals surface area contributed by atoms with Crippen LogP contribution >= 0.6 is 0 Å². The van der Waals surface area contributed by atoms with E-state index in [0.717, 1.165) is 37.1 Å². The molecule has 1 aliphatic rings. The summed E-state index contributed by atoms with van der Waals surface area (Å²) in [5.41, 5.74) is 0.870. The Balaban J connectivity index is 2.20. The van der Waals surface area contributed by atoms with E-state index in [2.05, 4.69) is 23.1 Å². The molecule has 116 valence electrons. The molecule has 1 aliphatic heterocycles. The van der Waals surface area contributed by atoms with Crippen molar-refractivity contribution in [3.05, 3.63) is 41.7 Å². The lowest BCUT2D eigenvalue weighted by molar-refractivity contribution is -0.0499. The Bertz CT molecular complexity index is 477. The van der Waals surface area contributed by atoms with Gasteiger partial charge in [-0.15, -0.1) is 0 Å². The lowest BCUT2D eigenvalue weighted by Gasteiger charge is -2.25. The Morgan fingerprint density at radius 3 is 2.90 bits per heavy atom. The molecule has 0 saturated carbocycles. The third kappa shape index (κ3) is 4.70. The highest BCUT2D eigenvalue weighted by Gasteiger charge is 2.20. The second-order valence-electron chi connectivity index (χ2n) is 4.94. The van der Waals surface area contributed by atoms with Crippen LogP contribution in [0.1, 0.15) is 37.8 Å². The molecule has 0 radical (unpaired) electrons. The fourth-order valence-corrected chi connectivity index (χ4v) is 2.32. The van der Waals surface area contributed by atoms with Crippen LogP contribution in [0.2, 0.25) is 0 Å². The van der Waals surface area contributed by atoms with E-state index in [1.54, 1.807) is 12.1 Å². The quantitative estimate of drug-likeness (QED) is 0.824. The average Bonchev–Trinajstić information content (AvgIpc) is 2.48. The van der Waals surface area contributed by atoms with E-state index in [1.165, 1.54) is 6.07 Å². The summed E-state index contributed by atoms with van der Waals surface area (Å²) in [6.45, 7) is 0.790. The van der Waals surface area contributed by atoms with E-state index < -0.39 is 6.61 Å². The van der Waals surface area contributed by atoms with E-state index in [1.807, 2.05) is 6.07 Å². The average molecular weight is 297 g/mol. The normalized spacial score (nSPS) is 16.3. The summed E-state index contributed by atoms with van der Waals surface area (Å²) >= 11 is 0. The van der Waals surface area contributed by atoms with Crippen LogP contribution in [0, 0.1) is 0 Å². The number of hydrogen-bond donors (Lipinski definition) is 1. The molecule has 0 fully saturated rings. The first-order valence-electron chi connectivity index (χ1n) is 7.31. The number of benzene rings is 1. The number of ether oxygens (including phenoxy) is 2. The van der Waals surface area contributed by atoms with Gasteiger partial charge in [0.05, 0.1) is 12.6 Å². The van der Waals surface area contributed by atoms with Crippen LogP contribution < -0.4 is 10.1 Å². The van der Waals surface area contributed by atoms with Crippen LogP contribution in [0.5, 0.6) is 5.75 Å². The maximum absolute atomic E-state index is 12.3. The molecule has 1 heterocycles. The van der Waals surface area contributed by atoms with Gasteiger partial charge in [0.15, 0.2) is 0 Å². The van der Waals surface area contributed by atoms with Gasteiger partial charge in [-0.2, -0.15) is 8.78 Å². The maximum Gasteiger partial charge on any atom is 0.387 e. The third-order valence-corrected chi connectivity index (χ3v) is 3.26. The van der Waals surface area contributed by atoms with Crippen molar-refractivity contribution in [3.63, 3.8) is 0 Å². The summed E-state index contributed by atoms with van der Waals surface area (Å²) in [5, 5.41) is 3.40. The van der Waals surface area contributed by atoms with Gasteiger partial charge in [0, 0.05) is 0 Å². The highest BCUT2D eigenvalue weighted by molar-refractivity contribution is 5.34. The molecule has 21 heavy (non-hydrogen) atoms. The Morgan fingerprint density at radius 1 is 1.38 bits per heavy atom. The van der Waals surface area contributed by atoms with E-state index in [-0.39, 0.29) is 11.8 Å². The van der Waals surface area contributed by atoms with Gasteiger partial charge < -0.3 is 14.8 Å². The first-order valence-corrected chi connectivity index (χ1v) is 7.31. The Labute approximate surface area is 123 Å². The molecule has 0 aliphatic carbocycles. The molecule has 0 spiro atoms. The maximum atomic E-state index is 12.3. The van der Waals surface area contributed by atoms with Crippen molar-refractivity contribution in [3.8, 4) is 5.75 Å². The van der Waals surface area contributed by atoms with Crippen molar-refractivity contribution in [2.45, 2.75) is 38.8 Å². The van der Waals surface area contributed by atoms with E-state index in [0.29, 0.717) is 6.61 Å². The summed E-state index contributed by atoms with van der Waals surface area (Å²) in [7, 11) is 0. The molecule has 5 heteroatoms. The topological polar surface area (TPSA) is 30.5 Å². The summed E-state index contributed by atoms with van der Waals surface area (Å²) in [6.07, 6.45) is 5.04. The van der Waals surface area contributed by atoms with Crippen LogP contribution in [0.15, 0.2) is 36.1 Å². The van der Waals surface area contributed by atoms with Gasteiger partial charge in [-0.1, -0.05) is 19.1 Å². The molecular weight excluding hydrogens is 276 g/mol. The van der Waals surface area contributed by atoms with Gasteiger partial charge in [-0.25, -0.2) is 0 Å². The molecule has 1 atom stereocenters. The van der Waals surface area contributed by atoms with Crippen molar-refractivity contribution in [1.29, 1.82) is 0 Å². The first kappa shape index (κ1) is 15.8. The molecule has 1 unspecified atom stereocenters. The van der Waals surface area contributed by atoms with Crippen LogP contribution in [0.25, 0.3) is 0 Å². The number of allylic oxidation sites excluding steroid dienone is 1. The van der Waals surface area contributed by atoms with E-state index >= 15 is 0 Å². The summed E-state index contributed by atoms with van der Waals surface area (Å²) in [4.78, 5) is 0. The molecular formula is C16H21F2NO2. The molecule has 1 aromatic carbocycles. The largest absolute Gasteiger partial charge is 0.496 e. The van der Waals surface area contributed by atoms with Gasteiger partial charge in [0.1, 0.15) is 11.5 Å². The summed E-state index contributed by atoms with van der Waals surface area (Å²) in [6, 6.07) is 6.66. The van der Waals surface area contributed by atoms with Crippen molar-refractivity contribution in [1.82, 2.24) is 5.32 Å². The molecule has 0 aromatic heterocycles. The first-order chi connectivity index (χ1) is 10.2. The van der Waals surface area contributed by atoms with Crippen LogP contribution in [0.4, 0.5) is 8.78 Å². The van der Waals surface area contributed by atoms with Crippen molar-refractivity contribution in [2.24, 2.45) is 0 Å². The van der Waals surface area contributed by atoms with Gasteiger partial charge in [0.25, 0.3) is 0 Å². The van der Waals surface area contributed by atoms with E-state index in [9.17, 15) is 8.78 Å². The number of rotatable bonds is 7. The van der Waals surface area contributed by atoms with E-state index in [4.69, 9.17) is 4.74 Å². The fraction of sp³-hybridized carbons (Fsp3) is 0.500. The minimum absolute atomic E-state index is 0.119. The number of hydrogen-bond acceptors (Lipinski definition) is 3. The van der Waals surface area contributed by atoms with Crippen molar-refractivity contribution in [2.75, 3.05) is 13.2 Å². The third-order valence-electron chi connectivity index (χ3n) is 3.26. The Morgan fingerprint density at radius 2 is 2.24 bits per heavy atom. The minimum atomic E-state index is -2.81. The zero-order valence-corrected chi connectivity index (χ0v) is 12.1. The Hall–Kier alpha value is -1.62. The highest BCUT2D eigenvalue weighted by atomic mass is 19.3. The molecule has 3 nitrogen and oxygen atoms in total. The lowest BCUT2D eigenvalue weighted by atomic mass is 10.0. The molecule has 1 aromatic rings. The second-order valence-corrected chi connectivity index (χ2v) is 4.94. The number of halogens is 2. The molecule has 0 bridgehead atoms. The van der Waals surface area contributed by atoms with Crippen molar-refractivity contribution < 1.29 is 18.3 Å². The predicted molar refractivity (Wildman–Crippen MR) is 77.4 cm³/mol. The van der Waals surface area contributed by atoms with Crippen molar-refractivity contribution >= 4 is 0 Å². The highest BCUT2D eigenvalue weighted by Crippen LogP contribution is 2.28. The van der Waals surface area contributed by atoms with Gasteiger partial charge in [-0.05, 0) is 49.6 Å². The standard InChI is InChI=1S/C16H21F2NO2/c1-2-9-19-15(14-8-3-4-10-20-14)12-6-5-7-13(11-12)21-16(17)18/h5-8,11,15-16,19H,2-4,9-10H2,1H3. The SMILES string of the molecule is CCCNC(C1=CCCCO1)c1cccc(OC(F)F)c1. The molecule has 0 saturated heterocycles. The lowest BCUT2D eigenvalue weighted by Crippen LogP contribution is -2.26. The smallest absolute Gasteiger partial charge is 0.387 e. The molecule has 2 rings (SSSR count). The molecule has 0 amide bonds. The minimum Gasteiger partial charge on any atom is -0.496 e. The van der Waals surface area contributed by atoms with Gasteiger partial charge >= 0.3 is 6.61 Å². The monoisotopic (exact) mass is 297 g/mol. The zero-order chi connectivity index (χ0) is 15.1. The van der Waals surface area contributed by atoms with Gasteiger partial charge in [0.2, 0.25) is 0 Å². The van der Waals surface area contributed by atoms with Crippen LogP contribution in [0.3, 0.4) is 0 Å².